The highest BCUT2D eigenvalue weighted by Crippen LogP contribution is 2.31. The number of rotatable bonds is 8. The Labute approximate surface area is 226 Å². The van der Waals surface area contributed by atoms with E-state index in [0.29, 0.717) is 22.9 Å². The minimum Gasteiger partial charge on any atom is -0.463 e. The number of esters is 2. The van der Waals surface area contributed by atoms with Crippen LogP contribution in [-0.4, -0.2) is 55.3 Å². The van der Waals surface area contributed by atoms with Gasteiger partial charge in [-0.3, -0.25) is 23.9 Å². The molecule has 0 radical (unpaired) electrons. The van der Waals surface area contributed by atoms with Crippen molar-refractivity contribution in [2.45, 2.75) is 38.7 Å². The molecule has 1 N–H and O–H groups in total. The van der Waals surface area contributed by atoms with E-state index in [2.05, 4.69) is 15.3 Å². The van der Waals surface area contributed by atoms with E-state index in [4.69, 9.17) is 18.9 Å². The number of hydrogen-bond donors (Lipinski definition) is 1. The van der Waals surface area contributed by atoms with Crippen molar-refractivity contribution in [1.29, 1.82) is 0 Å². The summed E-state index contributed by atoms with van der Waals surface area (Å²) in [5, 5.41) is 8.07. The lowest BCUT2D eigenvalue weighted by Crippen LogP contribution is -2.33. The zero-order chi connectivity index (χ0) is 28.2. The van der Waals surface area contributed by atoms with Gasteiger partial charge >= 0.3 is 17.6 Å². The summed E-state index contributed by atoms with van der Waals surface area (Å²) < 4.78 is 24.7. The van der Waals surface area contributed by atoms with Gasteiger partial charge in [-0.05, 0) is 36.4 Å². The topological polar surface area (TPSA) is 157 Å². The average Bonchev–Trinajstić information content (AvgIpc) is 3.56. The van der Waals surface area contributed by atoms with E-state index >= 15 is 0 Å². The molecule has 40 heavy (non-hydrogen) atoms. The van der Waals surface area contributed by atoms with Crippen LogP contribution in [0.25, 0.3) is 16.9 Å². The van der Waals surface area contributed by atoms with Crippen molar-refractivity contribution >= 4 is 11.9 Å². The van der Waals surface area contributed by atoms with Crippen molar-refractivity contribution in [3.8, 4) is 28.4 Å². The number of hydrogen-bond acceptors (Lipinski definition) is 10. The van der Waals surface area contributed by atoms with Crippen molar-refractivity contribution in [2.75, 3.05) is 6.61 Å². The van der Waals surface area contributed by atoms with Crippen LogP contribution < -0.4 is 16.0 Å². The third kappa shape index (κ3) is 5.83. The van der Waals surface area contributed by atoms with Gasteiger partial charge in [0.05, 0.1) is 17.4 Å². The third-order valence-corrected chi connectivity index (χ3v) is 6.11. The number of carbonyl (C=O) groups excluding carboxylic acids is 2. The van der Waals surface area contributed by atoms with Crippen LogP contribution in [0.15, 0.2) is 76.6 Å². The Bertz CT molecular complexity index is 1630. The van der Waals surface area contributed by atoms with Gasteiger partial charge in [0.15, 0.2) is 0 Å². The fourth-order valence-corrected chi connectivity index (χ4v) is 4.33. The number of carbonyl (C=O) groups is 2. The van der Waals surface area contributed by atoms with E-state index in [9.17, 15) is 19.2 Å². The number of aromatic amines is 1. The van der Waals surface area contributed by atoms with Gasteiger partial charge in [-0.25, -0.2) is 9.48 Å². The first kappa shape index (κ1) is 26.6. The highest BCUT2D eigenvalue weighted by atomic mass is 16.6. The van der Waals surface area contributed by atoms with Gasteiger partial charge in [0.25, 0.3) is 5.56 Å². The Morgan fingerprint density at radius 2 is 1.75 bits per heavy atom. The number of benzene rings is 2. The van der Waals surface area contributed by atoms with E-state index in [1.54, 1.807) is 24.3 Å². The molecule has 0 bridgehead atoms. The Morgan fingerprint density at radius 3 is 2.45 bits per heavy atom. The molecule has 1 aliphatic heterocycles. The van der Waals surface area contributed by atoms with Crippen LogP contribution in [0.2, 0.25) is 0 Å². The summed E-state index contributed by atoms with van der Waals surface area (Å²) in [4.78, 5) is 50.8. The normalized spacial score (nSPS) is 18.3. The second-order valence-corrected chi connectivity index (χ2v) is 8.96. The number of nitrogens with one attached hydrogen (secondary N) is 1. The molecule has 0 spiro atoms. The lowest BCUT2D eigenvalue weighted by molar-refractivity contribution is -0.155. The quantitative estimate of drug-likeness (QED) is 0.325. The Morgan fingerprint density at radius 1 is 1.02 bits per heavy atom. The van der Waals surface area contributed by atoms with Crippen molar-refractivity contribution < 1.29 is 28.5 Å². The van der Waals surface area contributed by atoms with E-state index in [-0.39, 0.29) is 18.6 Å². The van der Waals surface area contributed by atoms with Crippen molar-refractivity contribution in [2.24, 2.45) is 0 Å². The smallest absolute Gasteiger partial charge is 0.330 e. The molecule has 1 aliphatic rings. The lowest BCUT2D eigenvalue weighted by Gasteiger charge is -2.17. The summed E-state index contributed by atoms with van der Waals surface area (Å²) >= 11 is 0. The van der Waals surface area contributed by atoms with E-state index < -0.39 is 41.6 Å². The van der Waals surface area contributed by atoms with Gasteiger partial charge < -0.3 is 18.9 Å². The fraction of sp³-hybridized carbons (Fsp3) is 0.259. The first-order valence-electron chi connectivity index (χ1n) is 12.3. The number of ether oxygens (including phenoxy) is 4. The van der Waals surface area contributed by atoms with Crippen LogP contribution in [-0.2, 0) is 23.8 Å². The maximum Gasteiger partial charge on any atom is 0.330 e. The molecular weight excluding hydrogens is 522 g/mol. The zero-order valence-corrected chi connectivity index (χ0v) is 21.6. The second kappa shape index (κ2) is 11.4. The first-order chi connectivity index (χ1) is 19.3. The Balaban J connectivity index is 1.42. The number of aromatic nitrogens is 5. The van der Waals surface area contributed by atoms with Gasteiger partial charge in [0, 0.05) is 26.5 Å². The van der Waals surface area contributed by atoms with Gasteiger partial charge in [0.2, 0.25) is 0 Å². The molecule has 0 amide bonds. The molecule has 1 fully saturated rings. The second-order valence-electron chi connectivity index (χ2n) is 8.96. The summed E-state index contributed by atoms with van der Waals surface area (Å²) in [5.41, 5.74) is -0.365. The maximum absolute atomic E-state index is 12.9. The molecule has 13 nitrogen and oxygen atoms in total. The summed E-state index contributed by atoms with van der Waals surface area (Å²) in [6, 6.07) is 16.3. The Kier molecular flexibility index (Phi) is 7.55. The highest BCUT2D eigenvalue weighted by Gasteiger charge is 2.40. The Hall–Kier alpha value is -5.04. The summed E-state index contributed by atoms with van der Waals surface area (Å²) in [6.07, 6.45) is 0.349. The summed E-state index contributed by atoms with van der Waals surface area (Å²) in [7, 11) is 0. The molecule has 0 unspecified atom stereocenters. The van der Waals surface area contributed by atoms with E-state index in [1.807, 2.05) is 30.3 Å². The van der Waals surface area contributed by atoms with Crippen LogP contribution >= 0.6 is 0 Å². The van der Waals surface area contributed by atoms with Gasteiger partial charge in [-0.2, -0.15) is 0 Å². The third-order valence-electron chi connectivity index (χ3n) is 6.11. The largest absolute Gasteiger partial charge is 0.463 e. The van der Waals surface area contributed by atoms with E-state index in [0.717, 1.165) is 0 Å². The van der Waals surface area contributed by atoms with Gasteiger partial charge in [0.1, 0.15) is 42.2 Å². The predicted octanol–water partition coefficient (Wildman–Crippen LogP) is 2.36. The molecule has 4 aromatic rings. The fourth-order valence-electron chi connectivity index (χ4n) is 4.33. The average molecular weight is 548 g/mol. The SMILES string of the molecule is CC(=O)OC[C@H]1O[C@@H](n2cc(-c3cnnn3-c3ccc(Oc4ccccc4)cc3)c(=O)[nH]c2=O)C[C@@H]1OC(C)=O. The van der Waals surface area contributed by atoms with Crippen molar-refractivity contribution in [1.82, 2.24) is 24.5 Å². The standard InChI is InChI=1S/C27H25N5O8/c1-16(33)37-15-24-23(38-17(2)34)12-25(40-24)31-14-21(26(35)29-27(31)36)22-13-28-30-32(22)18-8-10-20(11-9-18)39-19-6-4-3-5-7-19/h3-11,13-14,23-25H,12,15H2,1-2H3,(H,29,35,36)/t23-,24+,25+/m0/s1. The number of nitrogens with zero attached hydrogens (tertiary/aromatic N) is 4. The molecule has 0 saturated carbocycles. The molecule has 2 aromatic carbocycles. The van der Waals surface area contributed by atoms with E-state index in [1.165, 1.54) is 35.5 Å². The zero-order valence-electron chi connectivity index (χ0n) is 21.6. The lowest BCUT2D eigenvalue weighted by atomic mass is 10.2. The number of H-pyrrole nitrogens is 1. The van der Waals surface area contributed by atoms with Crippen LogP contribution in [0, 0.1) is 0 Å². The van der Waals surface area contributed by atoms with Gasteiger partial charge in [-0.15, -0.1) is 5.10 Å². The van der Waals surface area contributed by atoms with Crippen molar-refractivity contribution in [3.63, 3.8) is 0 Å². The predicted molar refractivity (Wildman–Crippen MR) is 139 cm³/mol. The first-order valence-corrected chi connectivity index (χ1v) is 12.3. The highest BCUT2D eigenvalue weighted by molar-refractivity contribution is 5.66. The summed E-state index contributed by atoms with van der Waals surface area (Å²) in [6.45, 7) is 2.32. The molecule has 0 aliphatic carbocycles. The molecular formula is C27H25N5O8. The monoisotopic (exact) mass is 547 g/mol. The van der Waals surface area contributed by atoms with Crippen LogP contribution in [0.4, 0.5) is 0 Å². The molecule has 3 atom stereocenters. The van der Waals surface area contributed by atoms with Gasteiger partial charge in [-0.1, -0.05) is 23.4 Å². The van der Waals surface area contributed by atoms with Crippen LogP contribution in [0.1, 0.15) is 26.5 Å². The van der Waals surface area contributed by atoms with Crippen molar-refractivity contribution in [3.05, 3.63) is 87.8 Å². The molecule has 1 saturated heterocycles. The maximum atomic E-state index is 12.9. The summed E-state index contributed by atoms with van der Waals surface area (Å²) in [5.74, 6) is 0.210. The molecule has 13 heteroatoms. The molecule has 5 rings (SSSR count). The molecule has 206 valence electrons. The minimum atomic E-state index is -0.910. The molecule has 3 heterocycles. The van der Waals surface area contributed by atoms with Crippen LogP contribution in [0.5, 0.6) is 11.5 Å². The molecule has 2 aromatic heterocycles. The van der Waals surface area contributed by atoms with Crippen LogP contribution in [0.3, 0.4) is 0 Å². The minimum absolute atomic E-state index is 0.0945. The number of para-hydroxylation sites is 1.